The zero-order valence-corrected chi connectivity index (χ0v) is 14.0. The monoisotopic (exact) mass is 333 g/mol. The molecule has 5 heteroatoms. The number of piperidine rings is 1. The second kappa shape index (κ2) is 4.50. The third-order valence-electron chi connectivity index (χ3n) is 6.28. The molecular formula is C18H20ClNO3. The Hall–Kier alpha value is -1.55. The number of hydrogen-bond donors (Lipinski definition) is 1. The molecule has 3 atom stereocenters. The lowest BCUT2D eigenvalue weighted by atomic mass is 9.92. The van der Waals surface area contributed by atoms with Crippen LogP contribution in [0.5, 0.6) is 0 Å². The molecule has 1 aromatic rings. The van der Waals surface area contributed by atoms with Crippen LogP contribution < -0.4 is 0 Å². The summed E-state index contributed by atoms with van der Waals surface area (Å²) in [5, 5.41) is 10.3. The van der Waals surface area contributed by atoms with Crippen molar-refractivity contribution in [1.82, 2.24) is 4.90 Å². The number of aliphatic carboxylic acids is 1. The highest BCUT2D eigenvalue weighted by atomic mass is 35.5. The minimum absolute atomic E-state index is 0.0183. The largest absolute Gasteiger partial charge is 0.480 e. The van der Waals surface area contributed by atoms with E-state index >= 15 is 0 Å². The third-order valence-corrected chi connectivity index (χ3v) is 6.53. The molecule has 2 aliphatic carbocycles. The molecule has 23 heavy (non-hydrogen) atoms. The van der Waals surface area contributed by atoms with Gasteiger partial charge in [-0.15, -0.1) is 0 Å². The molecule has 122 valence electrons. The topological polar surface area (TPSA) is 57.6 Å². The number of carbonyl (C=O) groups excluding carboxylic acids is 1. The van der Waals surface area contributed by atoms with Crippen molar-refractivity contribution in [2.75, 3.05) is 6.54 Å². The summed E-state index contributed by atoms with van der Waals surface area (Å²) in [5.41, 5.74) is 0.464. The summed E-state index contributed by atoms with van der Waals surface area (Å²) in [6.07, 6.45) is 1.57. The zero-order valence-electron chi connectivity index (χ0n) is 13.3. The summed E-state index contributed by atoms with van der Waals surface area (Å²) < 4.78 is 0. The molecule has 0 spiro atoms. The van der Waals surface area contributed by atoms with E-state index in [0.29, 0.717) is 17.5 Å². The lowest BCUT2D eigenvalue weighted by Gasteiger charge is -2.31. The lowest BCUT2D eigenvalue weighted by molar-refractivity contribution is -0.151. The first-order valence-electron chi connectivity index (χ1n) is 8.09. The van der Waals surface area contributed by atoms with Crippen LogP contribution in [-0.2, 0) is 15.0 Å². The number of fused-ring (bicyclic) bond motifs is 1. The van der Waals surface area contributed by atoms with Crippen molar-refractivity contribution in [3.05, 3.63) is 34.9 Å². The Kier molecular flexibility index (Phi) is 2.94. The summed E-state index contributed by atoms with van der Waals surface area (Å²) in [6.45, 7) is 4.78. The van der Waals surface area contributed by atoms with Crippen LogP contribution in [-0.4, -0.2) is 34.5 Å². The molecule has 0 bridgehead atoms. The van der Waals surface area contributed by atoms with Gasteiger partial charge in [0.2, 0.25) is 5.91 Å². The highest BCUT2D eigenvalue weighted by molar-refractivity contribution is 6.30. The van der Waals surface area contributed by atoms with Crippen molar-refractivity contribution in [3.63, 3.8) is 0 Å². The van der Waals surface area contributed by atoms with Gasteiger partial charge in [0, 0.05) is 17.5 Å². The maximum atomic E-state index is 13.1. The van der Waals surface area contributed by atoms with Crippen LogP contribution in [0.15, 0.2) is 24.3 Å². The molecule has 3 aliphatic rings. The number of rotatable bonds is 3. The normalized spacial score (nSPS) is 32.3. The Morgan fingerprint density at radius 2 is 1.83 bits per heavy atom. The number of hydrogen-bond acceptors (Lipinski definition) is 2. The fraction of sp³-hybridized carbons (Fsp3) is 0.556. The molecule has 4 nitrogen and oxygen atoms in total. The second-order valence-corrected chi connectivity index (χ2v) is 8.22. The van der Waals surface area contributed by atoms with Crippen LogP contribution >= 0.6 is 11.6 Å². The molecule has 0 aromatic heterocycles. The van der Waals surface area contributed by atoms with E-state index in [4.69, 9.17) is 11.6 Å². The molecule has 1 aromatic carbocycles. The van der Waals surface area contributed by atoms with Gasteiger partial charge in [0.25, 0.3) is 0 Å². The van der Waals surface area contributed by atoms with Crippen molar-refractivity contribution in [1.29, 1.82) is 0 Å². The van der Waals surface area contributed by atoms with Crippen LogP contribution in [0.4, 0.5) is 0 Å². The quantitative estimate of drug-likeness (QED) is 0.925. The van der Waals surface area contributed by atoms with E-state index in [1.54, 1.807) is 17.0 Å². The van der Waals surface area contributed by atoms with Gasteiger partial charge < -0.3 is 10.0 Å². The first-order chi connectivity index (χ1) is 10.8. The maximum Gasteiger partial charge on any atom is 0.326 e. The van der Waals surface area contributed by atoms with Gasteiger partial charge in [-0.3, -0.25) is 4.79 Å². The summed E-state index contributed by atoms with van der Waals surface area (Å²) in [7, 11) is 0. The number of nitrogens with zero attached hydrogens (tertiary/aromatic N) is 1. The van der Waals surface area contributed by atoms with Gasteiger partial charge >= 0.3 is 5.97 Å². The number of benzene rings is 1. The van der Waals surface area contributed by atoms with Crippen LogP contribution in [0.2, 0.25) is 5.02 Å². The van der Waals surface area contributed by atoms with Crippen molar-refractivity contribution in [2.45, 2.75) is 38.1 Å². The van der Waals surface area contributed by atoms with Gasteiger partial charge in [-0.05, 0) is 41.9 Å². The summed E-state index contributed by atoms with van der Waals surface area (Å²) in [5.74, 6) is -0.489. The van der Waals surface area contributed by atoms with Crippen LogP contribution in [0.25, 0.3) is 0 Å². The minimum atomic E-state index is -0.872. The fourth-order valence-electron chi connectivity index (χ4n) is 4.57. The first-order valence-corrected chi connectivity index (χ1v) is 8.47. The van der Waals surface area contributed by atoms with E-state index in [9.17, 15) is 14.7 Å². The summed E-state index contributed by atoms with van der Waals surface area (Å²) in [6, 6.07) is 6.70. The van der Waals surface area contributed by atoms with Crippen LogP contribution in [0.3, 0.4) is 0 Å². The van der Waals surface area contributed by atoms with Gasteiger partial charge in [-0.1, -0.05) is 37.6 Å². The van der Waals surface area contributed by atoms with Crippen molar-refractivity contribution < 1.29 is 14.7 Å². The standard InChI is InChI=1S/C18H20ClNO3/c1-17(2)12-9-20(14(13(12)17)15(21)22)16(23)18(7-8-18)10-3-5-11(19)6-4-10/h3-6,12-14H,7-9H2,1-2H3,(H,21,22)/t12-,13-,14-/m0/s1. The Morgan fingerprint density at radius 3 is 2.35 bits per heavy atom. The number of carboxylic acid groups (broad SMARTS) is 1. The summed E-state index contributed by atoms with van der Waals surface area (Å²) in [4.78, 5) is 26.5. The van der Waals surface area contributed by atoms with Gasteiger partial charge in [0.05, 0.1) is 5.41 Å². The van der Waals surface area contributed by atoms with E-state index in [1.807, 2.05) is 12.1 Å². The number of carbonyl (C=O) groups is 2. The number of amides is 1. The highest BCUT2D eigenvalue weighted by Crippen LogP contribution is 2.66. The van der Waals surface area contributed by atoms with E-state index in [2.05, 4.69) is 13.8 Å². The first kappa shape index (κ1) is 15.0. The molecule has 1 aliphatic heterocycles. The third kappa shape index (κ3) is 1.97. The van der Waals surface area contributed by atoms with E-state index in [-0.39, 0.29) is 17.2 Å². The second-order valence-electron chi connectivity index (χ2n) is 7.78. The molecule has 1 saturated heterocycles. The smallest absolute Gasteiger partial charge is 0.326 e. The van der Waals surface area contributed by atoms with Gasteiger partial charge in [0.1, 0.15) is 6.04 Å². The van der Waals surface area contributed by atoms with Gasteiger partial charge in [0.15, 0.2) is 0 Å². The SMILES string of the molecule is CC1(C)[C@@H]2[C@@H](C(=O)O)N(C(=O)C3(c4ccc(Cl)cc4)CC3)C[C@@H]21. The van der Waals surface area contributed by atoms with Gasteiger partial charge in [-0.2, -0.15) is 0 Å². The maximum absolute atomic E-state index is 13.1. The molecule has 0 unspecified atom stereocenters. The summed E-state index contributed by atoms with van der Waals surface area (Å²) >= 11 is 5.94. The minimum Gasteiger partial charge on any atom is -0.480 e. The van der Waals surface area contributed by atoms with Crippen molar-refractivity contribution >= 4 is 23.5 Å². The van der Waals surface area contributed by atoms with Gasteiger partial charge in [-0.25, -0.2) is 4.79 Å². The van der Waals surface area contributed by atoms with E-state index in [0.717, 1.165) is 18.4 Å². The number of halogens is 1. The fourth-order valence-corrected chi connectivity index (χ4v) is 4.70. The molecule has 4 rings (SSSR count). The molecule has 3 fully saturated rings. The number of carboxylic acids is 1. The van der Waals surface area contributed by atoms with Crippen LogP contribution in [0.1, 0.15) is 32.3 Å². The average molecular weight is 334 g/mol. The molecule has 1 heterocycles. The molecule has 1 amide bonds. The Balaban J connectivity index is 1.62. The predicted octanol–water partition coefficient (Wildman–Crippen LogP) is 2.94. The van der Waals surface area contributed by atoms with Crippen molar-refractivity contribution in [3.8, 4) is 0 Å². The Labute approximate surface area is 140 Å². The molecule has 0 radical (unpaired) electrons. The Morgan fingerprint density at radius 1 is 1.22 bits per heavy atom. The molecule has 1 N–H and O–H groups in total. The lowest BCUT2D eigenvalue weighted by Crippen LogP contribution is -2.49. The highest BCUT2D eigenvalue weighted by Gasteiger charge is 2.71. The van der Waals surface area contributed by atoms with E-state index < -0.39 is 17.4 Å². The average Bonchev–Trinajstić information content (AvgIpc) is 3.32. The zero-order chi connectivity index (χ0) is 16.6. The molecular weight excluding hydrogens is 314 g/mol. The van der Waals surface area contributed by atoms with Crippen LogP contribution in [0, 0.1) is 17.3 Å². The predicted molar refractivity (Wildman–Crippen MR) is 86.3 cm³/mol. The number of likely N-dealkylation sites (tertiary alicyclic amines) is 1. The Bertz CT molecular complexity index is 693. The van der Waals surface area contributed by atoms with E-state index in [1.165, 1.54) is 0 Å². The van der Waals surface area contributed by atoms with Crippen molar-refractivity contribution in [2.24, 2.45) is 17.3 Å². The molecule has 2 saturated carbocycles.